The van der Waals surface area contributed by atoms with Gasteiger partial charge in [0.25, 0.3) is 0 Å². The molecule has 2 fully saturated rings. The Hall–Kier alpha value is -4.26. The van der Waals surface area contributed by atoms with Gasteiger partial charge in [-0.1, -0.05) is 12.1 Å². The smallest absolute Gasteiger partial charge is 0.333 e. The number of piperazine rings is 1. The number of urea groups is 1. The average Bonchev–Trinajstić information content (AvgIpc) is 3.74. The second-order valence-electron chi connectivity index (χ2n) is 11.4. The van der Waals surface area contributed by atoms with E-state index in [1.807, 2.05) is 41.4 Å². The van der Waals surface area contributed by atoms with Crippen molar-refractivity contribution in [1.29, 1.82) is 0 Å². The molecule has 3 aliphatic rings. The van der Waals surface area contributed by atoms with Crippen LogP contribution in [0.5, 0.6) is 5.75 Å². The van der Waals surface area contributed by atoms with Crippen LogP contribution in [0.1, 0.15) is 28.8 Å². The van der Waals surface area contributed by atoms with Gasteiger partial charge in [0.15, 0.2) is 5.78 Å². The molecule has 226 valence electrons. The van der Waals surface area contributed by atoms with E-state index in [9.17, 15) is 14.4 Å². The first kappa shape index (κ1) is 28.8. The number of aromatic nitrogens is 2. The quantitative estimate of drug-likeness (QED) is 0.273. The highest BCUT2D eigenvalue weighted by Crippen LogP contribution is 2.43. The number of H-pyrrole nitrogens is 1. The second-order valence-corrected chi connectivity index (χ2v) is 11.4. The molecule has 1 aliphatic carbocycles. The molecule has 2 aliphatic heterocycles. The van der Waals surface area contributed by atoms with E-state index in [0.29, 0.717) is 73.1 Å². The van der Waals surface area contributed by atoms with Crippen LogP contribution in [0.2, 0.25) is 0 Å². The molecule has 6 rings (SSSR count). The molecular formula is C31H38N8O4. The Balaban J connectivity index is 1.08. The first-order chi connectivity index (χ1) is 20.9. The van der Waals surface area contributed by atoms with Crippen LogP contribution >= 0.6 is 0 Å². The van der Waals surface area contributed by atoms with Crippen molar-refractivity contribution in [3.05, 3.63) is 53.6 Å². The number of fused-ring (bicyclic) bond motifs is 3. The Morgan fingerprint density at radius 2 is 1.70 bits per heavy atom. The van der Waals surface area contributed by atoms with Gasteiger partial charge in [0.2, 0.25) is 5.91 Å². The van der Waals surface area contributed by atoms with Gasteiger partial charge in [-0.3, -0.25) is 29.9 Å². The third-order valence-electron chi connectivity index (χ3n) is 8.29. The number of rotatable bonds is 9. The number of anilines is 1. The lowest BCUT2D eigenvalue weighted by atomic mass is 10.0. The summed E-state index contributed by atoms with van der Waals surface area (Å²) in [5.41, 5.74) is 6.98. The van der Waals surface area contributed by atoms with E-state index < -0.39 is 6.03 Å². The maximum atomic E-state index is 13.7. The summed E-state index contributed by atoms with van der Waals surface area (Å²) in [7, 11) is 3.49. The lowest BCUT2D eigenvalue weighted by molar-refractivity contribution is -0.130. The van der Waals surface area contributed by atoms with Crippen molar-refractivity contribution in [2.24, 2.45) is 0 Å². The number of carbonyl (C=O) groups excluding carboxylic acids is 3. The van der Waals surface area contributed by atoms with Crippen molar-refractivity contribution in [3.8, 4) is 28.3 Å². The fourth-order valence-corrected chi connectivity index (χ4v) is 5.85. The van der Waals surface area contributed by atoms with Gasteiger partial charge in [-0.2, -0.15) is 5.10 Å². The average molecular weight is 587 g/mol. The lowest BCUT2D eigenvalue weighted by Crippen LogP contribution is -2.55. The van der Waals surface area contributed by atoms with Crippen molar-refractivity contribution in [2.75, 3.05) is 78.4 Å². The molecule has 0 saturated carbocycles. The molecule has 3 amide bonds. The number of ether oxygens (including phenoxy) is 1. The fraction of sp³-hybridized carbons (Fsp3) is 0.419. The summed E-state index contributed by atoms with van der Waals surface area (Å²) >= 11 is 0. The Morgan fingerprint density at radius 1 is 0.953 bits per heavy atom. The zero-order chi connectivity index (χ0) is 29.9. The first-order valence-electron chi connectivity index (χ1n) is 14.8. The highest BCUT2D eigenvalue weighted by Gasteiger charge is 2.35. The maximum absolute atomic E-state index is 13.7. The van der Waals surface area contributed by atoms with Gasteiger partial charge < -0.3 is 15.0 Å². The van der Waals surface area contributed by atoms with Crippen molar-refractivity contribution < 1.29 is 19.1 Å². The van der Waals surface area contributed by atoms with Crippen LogP contribution in [-0.2, 0) is 4.79 Å². The largest absolute Gasteiger partial charge is 0.492 e. The van der Waals surface area contributed by atoms with Crippen LogP contribution < -0.4 is 15.5 Å². The molecule has 43 heavy (non-hydrogen) atoms. The van der Waals surface area contributed by atoms with E-state index in [-0.39, 0.29) is 11.7 Å². The number of hydrogen-bond acceptors (Lipinski definition) is 8. The first-order valence-corrected chi connectivity index (χ1v) is 14.8. The van der Waals surface area contributed by atoms with Crippen LogP contribution in [0.3, 0.4) is 0 Å². The topological polar surface area (TPSA) is 126 Å². The molecule has 2 aromatic carbocycles. The van der Waals surface area contributed by atoms with Gasteiger partial charge in [-0.15, -0.1) is 0 Å². The monoisotopic (exact) mass is 586 g/mol. The Morgan fingerprint density at radius 3 is 2.42 bits per heavy atom. The number of likely N-dealkylation sites (tertiary alicyclic amines) is 1. The van der Waals surface area contributed by atoms with Gasteiger partial charge in [-0.25, -0.2) is 9.80 Å². The van der Waals surface area contributed by atoms with Crippen LogP contribution in [0.4, 0.5) is 10.5 Å². The van der Waals surface area contributed by atoms with E-state index in [4.69, 9.17) is 4.74 Å². The summed E-state index contributed by atoms with van der Waals surface area (Å²) in [6.45, 7) is 6.70. The second kappa shape index (κ2) is 12.5. The van der Waals surface area contributed by atoms with Gasteiger partial charge in [0, 0.05) is 57.9 Å². The Kier molecular flexibility index (Phi) is 8.41. The molecule has 3 heterocycles. The zero-order valence-electron chi connectivity index (χ0n) is 24.7. The van der Waals surface area contributed by atoms with Gasteiger partial charge in [0.05, 0.1) is 29.1 Å². The molecule has 0 spiro atoms. The Bertz CT molecular complexity index is 1490. The number of aromatic amines is 1. The van der Waals surface area contributed by atoms with E-state index in [2.05, 4.69) is 30.7 Å². The number of ketones is 1. The molecule has 0 atom stereocenters. The predicted molar refractivity (Wildman–Crippen MR) is 163 cm³/mol. The van der Waals surface area contributed by atoms with Crippen LogP contribution in [0, 0.1) is 0 Å². The minimum absolute atomic E-state index is 0.0549. The minimum atomic E-state index is -0.423. The van der Waals surface area contributed by atoms with Crippen LogP contribution in [0.25, 0.3) is 22.5 Å². The van der Waals surface area contributed by atoms with Crippen molar-refractivity contribution in [3.63, 3.8) is 0 Å². The molecule has 0 unspecified atom stereocenters. The minimum Gasteiger partial charge on any atom is -0.492 e. The van der Waals surface area contributed by atoms with E-state index in [1.165, 1.54) is 12.8 Å². The SMILES string of the molecule is CN(C)C(=O)CN1CCN(NC(=O)Nc2cccc3c2C(=O)c2c(-c4ccc(OCCN5CCCC5)cc4)n[nH]c2-3)CC1. The summed E-state index contributed by atoms with van der Waals surface area (Å²) in [4.78, 5) is 44.7. The summed E-state index contributed by atoms with van der Waals surface area (Å²) in [6.07, 6.45) is 2.52. The fourth-order valence-electron chi connectivity index (χ4n) is 5.85. The van der Waals surface area contributed by atoms with Gasteiger partial charge >= 0.3 is 6.03 Å². The van der Waals surface area contributed by atoms with Crippen LogP contribution in [0.15, 0.2) is 42.5 Å². The highest BCUT2D eigenvalue weighted by atomic mass is 16.5. The standard InChI is InChI=1S/C31H38N8O4/c1-36(2)25(40)20-38-14-16-39(17-15-38)35-31(42)32-24-7-5-6-23-26(24)30(41)27-28(33-34-29(23)27)21-8-10-22(11-9-21)43-19-18-37-12-3-4-13-37/h5-11H,3-4,12-20H2,1-2H3,(H,33,34)(H2,32,35,42). The molecular weight excluding hydrogens is 548 g/mol. The molecule has 3 N–H and O–H groups in total. The number of carbonyl (C=O) groups is 3. The number of hydrogen-bond donors (Lipinski definition) is 3. The van der Waals surface area contributed by atoms with E-state index in [0.717, 1.165) is 30.9 Å². The number of likely N-dealkylation sites (N-methyl/N-ethyl adjacent to an activating group) is 1. The van der Waals surface area contributed by atoms with Crippen LogP contribution in [-0.4, -0.2) is 121 Å². The Labute approximate surface area is 250 Å². The number of hydrazine groups is 1. The zero-order valence-corrected chi connectivity index (χ0v) is 24.7. The van der Waals surface area contributed by atoms with Gasteiger partial charge in [0.1, 0.15) is 18.1 Å². The lowest BCUT2D eigenvalue weighted by Gasteiger charge is -2.34. The maximum Gasteiger partial charge on any atom is 0.333 e. The number of benzene rings is 2. The number of nitrogens with one attached hydrogen (secondary N) is 3. The summed E-state index contributed by atoms with van der Waals surface area (Å²) in [5.74, 6) is 0.653. The van der Waals surface area contributed by atoms with E-state index >= 15 is 0 Å². The molecule has 1 aromatic heterocycles. The molecule has 3 aromatic rings. The number of amides is 3. The van der Waals surface area contributed by atoms with Crippen molar-refractivity contribution in [2.45, 2.75) is 12.8 Å². The summed E-state index contributed by atoms with van der Waals surface area (Å²) in [5, 5.41) is 12.2. The third kappa shape index (κ3) is 6.26. The summed E-state index contributed by atoms with van der Waals surface area (Å²) < 4.78 is 5.94. The third-order valence-corrected chi connectivity index (χ3v) is 8.29. The normalized spacial score (nSPS) is 17.0. The summed E-state index contributed by atoms with van der Waals surface area (Å²) in [6, 6.07) is 12.6. The predicted octanol–water partition coefficient (Wildman–Crippen LogP) is 2.51. The van der Waals surface area contributed by atoms with Crippen molar-refractivity contribution >= 4 is 23.4 Å². The highest BCUT2D eigenvalue weighted by molar-refractivity contribution is 6.26. The number of nitrogens with zero attached hydrogens (tertiary/aromatic N) is 5. The molecule has 12 nitrogen and oxygen atoms in total. The molecule has 2 saturated heterocycles. The van der Waals surface area contributed by atoms with Crippen molar-refractivity contribution in [1.82, 2.24) is 35.3 Å². The molecule has 0 radical (unpaired) electrons. The molecule has 12 heteroatoms. The van der Waals surface area contributed by atoms with Gasteiger partial charge in [-0.05, 0) is 56.3 Å². The molecule has 0 bridgehead atoms. The van der Waals surface area contributed by atoms with E-state index in [1.54, 1.807) is 25.1 Å².